The van der Waals surface area contributed by atoms with Crippen molar-refractivity contribution in [2.75, 3.05) is 11.4 Å². The zero-order valence-electron chi connectivity index (χ0n) is 26.7. The second kappa shape index (κ2) is 11.1. The standard InChI is InChI=1S/C44H31N5/c1-4-14-29(15-5-1)37-26-38(30-16-6-2-7-17-30)47-44(46-37)39-24-32(28-45-39)49-41-23-13-11-21-34(41)36-25-35-33-20-10-12-22-40(33)48(42(35)27-43(36)49)31-18-8-3-9-19-31/h1-27,34,41H,28H2. The SMILES string of the molecule is C1=CC2c3cc4c5ccccc5n(-c5ccccc5)c4cc3N(C3=CC(c4nc(-c5ccccc5)cc(-c5ccccc5)n4)=NC3)C2C=C1. The number of benzene rings is 5. The van der Waals surface area contributed by atoms with Gasteiger partial charge in [0.1, 0.15) is 5.71 Å². The van der Waals surface area contributed by atoms with Crippen LogP contribution >= 0.6 is 0 Å². The summed E-state index contributed by atoms with van der Waals surface area (Å²) in [6.07, 6.45) is 11.2. The molecular formula is C44H31N5. The number of hydrogen-bond donors (Lipinski definition) is 0. The van der Waals surface area contributed by atoms with Gasteiger partial charge in [-0.3, -0.25) is 4.99 Å². The summed E-state index contributed by atoms with van der Waals surface area (Å²) in [5.41, 5.74) is 12.0. The molecule has 10 rings (SSSR count). The number of allylic oxidation sites excluding steroid dienone is 3. The molecule has 0 saturated carbocycles. The van der Waals surface area contributed by atoms with Crippen LogP contribution in [0.1, 0.15) is 17.3 Å². The summed E-state index contributed by atoms with van der Waals surface area (Å²) >= 11 is 0. The van der Waals surface area contributed by atoms with Gasteiger partial charge in [-0.05, 0) is 48.0 Å². The van der Waals surface area contributed by atoms with Crippen molar-refractivity contribution in [3.05, 3.63) is 181 Å². The van der Waals surface area contributed by atoms with Gasteiger partial charge in [-0.15, -0.1) is 0 Å². The molecule has 49 heavy (non-hydrogen) atoms. The Hall–Kier alpha value is -6.33. The van der Waals surface area contributed by atoms with E-state index >= 15 is 0 Å². The number of anilines is 1. The fourth-order valence-electron chi connectivity index (χ4n) is 7.76. The van der Waals surface area contributed by atoms with Gasteiger partial charge < -0.3 is 9.47 Å². The maximum absolute atomic E-state index is 5.08. The molecule has 0 fully saturated rings. The van der Waals surface area contributed by atoms with Crippen LogP contribution < -0.4 is 4.90 Å². The molecule has 2 aliphatic heterocycles. The van der Waals surface area contributed by atoms with Crippen LogP contribution in [0.25, 0.3) is 50.0 Å². The van der Waals surface area contributed by atoms with Gasteiger partial charge in [0.2, 0.25) is 0 Å². The van der Waals surface area contributed by atoms with E-state index in [1.54, 1.807) is 0 Å². The highest BCUT2D eigenvalue weighted by atomic mass is 15.2. The lowest BCUT2D eigenvalue weighted by Gasteiger charge is -2.29. The van der Waals surface area contributed by atoms with E-state index in [0.29, 0.717) is 12.4 Å². The minimum atomic E-state index is 0.167. The van der Waals surface area contributed by atoms with Gasteiger partial charge in [0.25, 0.3) is 0 Å². The molecule has 5 heteroatoms. The van der Waals surface area contributed by atoms with Gasteiger partial charge in [-0.25, -0.2) is 9.97 Å². The second-order valence-corrected chi connectivity index (χ2v) is 12.8. The topological polar surface area (TPSA) is 46.3 Å². The molecule has 3 aliphatic rings. The number of nitrogens with zero attached hydrogens (tertiary/aromatic N) is 5. The molecule has 232 valence electrons. The maximum Gasteiger partial charge on any atom is 0.178 e. The minimum Gasteiger partial charge on any atom is -0.335 e. The largest absolute Gasteiger partial charge is 0.335 e. The van der Waals surface area contributed by atoms with E-state index in [9.17, 15) is 0 Å². The van der Waals surface area contributed by atoms with Crippen molar-refractivity contribution in [3.8, 4) is 28.2 Å². The quantitative estimate of drug-likeness (QED) is 0.190. The van der Waals surface area contributed by atoms with Gasteiger partial charge in [0.15, 0.2) is 5.82 Å². The van der Waals surface area contributed by atoms with Crippen molar-refractivity contribution in [3.63, 3.8) is 0 Å². The first-order valence-electron chi connectivity index (χ1n) is 16.8. The molecular weight excluding hydrogens is 599 g/mol. The summed E-state index contributed by atoms with van der Waals surface area (Å²) < 4.78 is 2.40. The van der Waals surface area contributed by atoms with Crippen LogP contribution in [0.15, 0.2) is 175 Å². The Kier molecular flexibility index (Phi) is 6.31. The summed E-state index contributed by atoms with van der Waals surface area (Å²) in [7, 11) is 0. The number of fused-ring (bicyclic) bond motifs is 6. The van der Waals surface area contributed by atoms with E-state index in [1.807, 2.05) is 36.4 Å². The monoisotopic (exact) mass is 629 g/mol. The predicted octanol–water partition coefficient (Wildman–Crippen LogP) is 9.69. The summed E-state index contributed by atoms with van der Waals surface area (Å²) in [4.78, 5) is 17.7. The third-order valence-electron chi connectivity index (χ3n) is 9.98. The van der Waals surface area contributed by atoms with E-state index in [0.717, 1.165) is 39.6 Å². The molecule has 0 radical (unpaired) electrons. The number of aliphatic imine (C=N–C) groups is 1. The van der Waals surface area contributed by atoms with Crippen molar-refractivity contribution >= 4 is 33.2 Å². The van der Waals surface area contributed by atoms with Gasteiger partial charge in [0, 0.05) is 44.9 Å². The Balaban J connectivity index is 1.12. The first-order chi connectivity index (χ1) is 24.3. The van der Waals surface area contributed by atoms with E-state index in [2.05, 4.69) is 137 Å². The van der Waals surface area contributed by atoms with Crippen molar-refractivity contribution in [2.24, 2.45) is 4.99 Å². The van der Waals surface area contributed by atoms with Crippen LogP contribution in [-0.4, -0.2) is 32.8 Å². The average Bonchev–Trinajstić information content (AvgIpc) is 3.87. The van der Waals surface area contributed by atoms with Gasteiger partial charge in [-0.2, -0.15) is 0 Å². The Morgan fingerprint density at radius 3 is 1.98 bits per heavy atom. The molecule has 2 unspecified atom stereocenters. The lowest BCUT2D eigenvalue weighted by Crippen LogP contribution is -2.32. The van der Waals surface area contributed by atoms with Crippen LogP contribution in [0.4, 0.5) is 5.69 Å². The normalized spacial score (nSPS) is 17.8. The molecule has 2 atom stereocenters. The highest BCUT2D eigenvalue weighted by Gasteiger charge is 2.40. The molecule has 0 bridgehead atoms. The average molecular weight is 630 g/mol. The zero-order chi connectivity index (χ0) is 32.3. The van der Waals surface area contributed by atoms with Gasteiger partial charge >= 0.3 is 0 Å². The Labute approximate surface area is 284 Å². The van der Waals surface area contributed by atoms with Crippen LogP contribution in [-0.2, 0) is 0 Å². The first-order valence-corrected chi connectivity index (χ1v) is 16.8. The Bertz CT molecular complexity index is 2470. The zero-order valence-corrected chi connectivity index (χ0v) is 26.7. The highest BCUT2D eigenvalue weighted by Crippen LogP contribution is 2.49. The minimum absolute atomic E-state index is 0.167. The molecule has 5 nitrogen and oxygen atoms in total. The van der Waals surface area contributed by atoms with Crippen LogP contribution in [0.3, 0.4) is 0 Å². The first kappa shape index (κ1) is 27.8. The Morgan fingerprint density at radius 2 is 1.24 bits per heavy atom. The fraction of sp³-hybridized carbons (Fsp3) is 0.0682. The molecule has 5 aromatic carbocycles. The number of aromatic nitrogens is 3. The molecule has 0 saturated heterocycles. The van der Waals surface area contributed by atoms with E-state index in [-0.39, 0.29) is 12.0 Å². The number of para-hydroxylation sites is 2. The summed E-state index contributed by atoms with van der Waals surface area (Å²) in [6.45, 7) is 0.564. The molecule has 0 N–H and O–H groups in total. The second-order valence-electron chi connectivity index (χ2n) is 12.8. The van der Waals surface area contributed by atoms with E-state index in [4.69, 9.17) is 15.0 Å². The summed E-state index contributed by atoms with van der Waals surface area (Å²) in [5.74, 6) is 0.889. The van der Waals surface area contributed by atoms with E-state index in [1.165, 1.54) is 33.1 Å². The Morgan fingerprint density at radius 1 is 0.592 bits per heavy atom. The summed E-state index contributed by atoms with van der Waals surface area (Å²) in [6, 6.07) is 47.1. The van der Waals surface area contributed by atoms with Crippen molar-refractivity contribution < 1.29 is 0 Å². The summed E-state index contributed by atoms with van der Waals surface area (Å²) in [5, 5.41) is 2.54. The maximum atomic E-state index is 5.08. The lowest BCUT2D eigenvalue weighted by atomic mass is 9.90. The molecule has 1 aliphatic carbocycles. The van der Waals surface area contributed by atoms with Crippen molar-refractivity contribution in [1.29, 1.82) is 0 Å². The lowest BCUT2D eigenvalue weighted by molar-refractivity contribution is 0.718. The fourth-order valence-corrected chi connectivity index (χ4v) is 7.76. The van der Waals surface area contributed by atoms with Crippen LogP contribution in [0.5, 0.6) is 0 Å². The molecule has 4 heterocycles. The van der Waals surface area contributed by atoms with Crippen molar-refractivity contribution in [2.45, 2.75) is 12.0 Å². The van der Waals surface area contributed by atoms with Gasteiger partial charge in [-0.1, -0.05) is 121 Å². The highest BCUT2D eigenvalue weighted by molar-refractivity contribution is 6.12. The van der Waals surface area contributed by atoms with Crippen molar-refractivity contribution in [1.82, 2.24) is 14.5 Å². The number of hydrogen-bond acceptors (Lipinski definition) is 4. The van der Waals surface area contributed by atoms with E-state index < -0.39 is 0 Å². The molecule has 0 spiro atoms. The third kappa shape index (κ3) is 4.50. The molecule has 2 aromatic heterocycles. The smallest absolute Gasteiger partial charge is 0.178 e. The number of rotatable bonds is 5. The molecule has 7 aromatic rings. The third-order valence-corrected chi connectivity index (χ3v) is 9.98. The predicted molar refractivity (Wildman–Crippen MR) is 200 cm³/mol. The van der Waals surface area contributed by atoms with Crippen LogP contribution in [0.2, 0.25) is 0 Å². The molecule has 0 amide bonds. The van der Waals surface area contributed by atoms with Crippen LogP contribution in [0, 0.1) is 0 Å². The van der Waals surface area contributed by atoms with Gasteiger partial charge in [0.05, 0.1) is 35.0 Å².